The molecule has 0 aromatic carbocycles. The van der Waals surface area contributed by atoms with Crippen molar-refractivity contribution in [1.29, 1.82) is 0 Å². The number of fused-ring (bicyclic) bond motifs is 1. The van der Waals surface area contributed by atoms with E-state index in [1.807, 2.05) is 24.5 Å². The molecule has 0 fully saturated rings. The van der Waals surface area contributed by atoms with Crippen LogP contribution in [0.25, 0.3) is 4.96 Å². The van der Waals surface area contributed by atoms with Crippen LogP contribution in [0.3, 0.4) is 0 Å². The maximum atomic E-state index is 8.80. The van der Waals surface area contributed by atoms with Crippen LogP contribution in [0.15, 0.2) is 6.20 Å². The molecular formula is C6H7BN2OS. The van der Waals surface area contributed by atoms with E-state index in [-0.39, 0.29) is 6.61 Å². The second-order valence-electron chi connectivity index (χ2n) is 2.43. The van der Waals surface area contributed by atoms with Crippen LogP contribution in [0.1, 0.15) is 10.5 Å². The molecule has 56 valence electrons. The Morgan fingerprint density at radius 1 is 1.82 bits per heavy atom. The predicted octanol–water partition coefficient (Wildman–Crippen LogP) is 0.535. The number of aromatic nitrogens is 2. The molecule has 0 aliphatic heterocycles. The van der Waals surface area contributed by atoms with E-state index in [1.54, 1.807) is 0 Å². The van der Waals surface area contributed by atoms with Crippen molar-refractivity contribution >= 4 is 23.4 Å². The van der Waals surface area contributed by atoms with Gasteiger partial charge in [-0.1, -0.05) is 0 Å². The first-order valence-electron chi connectivity index (χ1n) is 3.34. The Hall–Kier alpha value is -0.675. The summed E-state index contributed by atoms with van der Waals surface area (Å²) in [5.74, 6) is 0. The second kappa shape index (κ2) is 2.42. The third-order valence-electron chi connectivity index (χ3n) is 1.48. The first-order chi connectivity index (χ1) is 5.29. The van der Waals surface area contributed by atoms with E-state index < -0.39 is 0 Å². The molecule has 0 unspecified atom stereocenters. The van der Waals surface area contributed by atoms with Gasteiger partial charge in [-0.05, 0) is 0 Å². The van der Waals surface area contributed by atoms with Crippen LogP contribution in [0, 0.1) is 6.92 Å². The molecule has 2 aromatic rings. The Kier molecular flexibility index (Phi) is 1.54. The average molecular weight is 166 g/mol. The van der Waals surface area contributed by atoms with E-state index in [0.717, 1.165) is 15.4 Å². The number of rotatable bonds is 1. The van der Waals surface area contributed by atoms with Crippen molar-refractivity contribution in [3.63, 3.8) is 0 Å². The SMILES string of the molecule is Cc1cn2bc(CO)sc2n1. The van der Waals surface area contributed by atoms with Crippen LogP contribution in [-0.4, -0.2) is 21.5 Å². The number of hydrogen-bond donors (Lipinski definition) is 1. The molecule has 0 saturated carbocycles. The summed E-state index contributed by atoms with van der Waals surface area (Å²) >= 11 is 1.52. The van der Waals surface area contributed by atoms with Crippen molar-refractivity contribution in [2.45, 2.75) is 13.5 Å². The summed E-state index contributed by atoms with van der Waals surface area (Å²) in [5.41, 5.74) is 1.01. The number of aliphatic hydroxyl groups is 1. The number of imidazole rings is 1. The Bertz CT molecular complexity index is 349. The minimum atomic E-state index is 0.104. The first-order valence-corrected chi connectivity index (χ1v) is 4.16. The molecule has 3 nitrogen and oxygen atoms in total. The van der Waals surface area contributed by atoms with Crippen molar-refractivity contribution in [3.05, 3.63) is 16.7 Å². The third-order valence-corrected chi connectivity index (χ3v) is 2.46. The average Bonchev–Trinajstić information content (AvgIpc) is 2.43. The van der Waals surface area contributed by atoms with Crippen molar-refractivity contribution in [1.82, 2.24) is 9.29 Å². The van der Waals surface area contributed by atoms with Crippen LogP contribution < -0.4 is 0 Å². The summed E-state index contributed by atoms with van der Waals surface area (Å²) in [6.07, 6.45) is 1.95. The fraction of sp³-hybridized carbons (Fsp3) is 0.333. The van der Waals surface area contributed by atoms with Gasteiger partial charge in [-0.3, -0.25) is 0 Å². The summed E-state index contributed by atoms with van der Waals surface area (Å²) in [7, 11) is 1.90. The van der Waals surface area contributed by atoms with E-state index in [4.69, 9.17) is 5.11 Å². The van der Waals surface area contributed by atoms with Crippen LogP contribution in [0.5, 0.6) is 0 Å². The molecule has 2 rings (SSSR count). The zero-order chi connectivity index (χ0) is 7.84. The molecular weight excluding hydrogens is 159 g/mol. The molecule has 0 amide bonds. The molecule has 2 aromatic heterocycles. The van der Waals surface area contributed by atoms with E-state index in [9.17, 15) is 0 Å². The molecule has 0 spiro atoms. The fourth-order valence-electron chi connectivity index (χ4n) is 1.03. The van der Waals surface area contributed by atoms with Crippen LogP contribution >= 0.6 is 11.3 Å². The Balaban J connectivity index is 2.64. The van der Waals surface area contributed by atoms with E-state index in [0.29, 0.717) is 0 Å². The monoisotopic (exact) mass is 166 g/mol. The molecule has 0 atom stereocenters. The van der Waals surface area contributed by atoms with Gasteiger partial charge < -0.3 is 0 Å². The van der Waals surface area contributed by atoms with Crippen molar-refractivity contribution in [2.24, 2.45) is 0 Å². The normalized spacial score (nSPS) is 10.7. The fourth-order valence-corrected chi connectivity index (χ4v) is 1.90. The van der Waals surface area contributed by atoms with Crippen molar-refractivity contribution < 1.29 is 5.11 Å². The third kappa shape index (κ3) is 1.10. The Labute approximate surface area is 68.6 Å². The zero-order valence-electron chi connectivity index (χ0n) is 6.11. The summed E-state index contributed by atoms with van der Waals surface area (Å²) in [6, 6.07) is 0. The Morgan fingerprint density at radius 3 is 3.27 bits per heavy atom. The maximum absolute atomic E-state index is 8.80. The predicted molar refractivity (Wildman–Crippen MR) is 45.1 cm³/mol. The first kappa shape index (κ1) is 7.00. The summed E-state index contributed by atoms with van der Waals surface area (Å²) in [6.45, 7) is 2.06. The molecule has 0 aliphatic rings. The van der Waals surface area contributed by atoms with Crippen LogP contribution in [0.4, 0.5) is 0 Å². The summed E-state index contributed by atoms with van der Waals surface area (Å²) in [4.78, 5) is 5.20. The topological polar surface area (TPSA) is 37.5 Å². The summed E-state index contributed by atoms with van der Waals surface area (Å²) < 4.78 is 2.89. The molecule has 5 heteroatoms. The van der Waals surface area contributed by atoms with Gasteiger partial charge in [0.15, 0.2) is 0 Å². The van der Waals surface area contributed by atoms with Gasteiger partial charge in [0.25, 0.3) is 0 Å². The quantitative estimate of drug-likeness (QED) is 0.671. The Morgan fingerprint density at radius 2 is 2.64 bits per heavy atom. The molecule has 0 aliphatic carbocycles. The molecule has 1 N–H and O–H groups in total. The van der Waals surface area contributed by atoms with Crippen LogP contribution in [0.2, 0.25) is 0 Å². The number of hydrogen-bond acceptors (Lipinski definition) is 3. The van der Waals surface area contributed by atoms with Gasteiger partial charge in [0.1, 0.15) is 0 Å². The molecule has 0 bridgehead atoms. The minimum absolute atomic E-state index is 0.104. The van der Waals surface area contributed by atoms with Gasteiger partial charge in [-0.15, -0.1) is 0 Å². The van der Waals surface area contributed by atoms with E-state index in [2.05, 4.69) is 4.98 Å². The number of aryl methyl sites for hydroxylation is 1. The van der Waals surface area contributed by atoms with Gasteiger partial charge in [0, 0.05) is 0 Å². The van der Waals surface area contributed by atoms with Crippen molar-refractivity contribution in [3.8, 4) is 0 Å². The zero-order valence-corrected chi connectivity index (χ0v) is 6.93. The molecule has 0 radical (unpaired) electrons. The van der Waals surface area contributed by atoms with E-state index >= 15 is 0 Å². The van der Waals surface area contributed by atoms with Gasteiger partial charge in [-0.2, -0.15) is 0 Å². The number of nitrogens with zero attached hydrogens (tertiary/aromatic N) is 2. The van der Waals surface area contributed by atoms with Gasteiger partial charge in [0.2, 0.25) is 0 Å². The van der Waals surface area contributed by atoms with Gasteiger partial charge in [-0.25, -0.2) is 0 Å². The molecule has 0 saturated heterocycles. The van der Waals surface area contributed by atoms with Gasteiger partial charge >= 0.3 is 67.9 Å². The van der Waals surface area contributed by atoms with E-state index in [1.165, 1.54) is 11.3 Å². The number of aliphatic hydroxyl groups excluding tert-OH is 1. The standard InChI is InChI=1S/C6H7BN2OS/c1-4-2-9-6(8-4)11-5(3-10)7-9/h2,10H,3H2,1H3. The summed E-state index contributed by atoms with van der Waals surface area (Å²) in [5, 5.41) is 8.80. The second-order valence-corrected chi connectivity index (χ2v) is 3.52. The van der Waals surface area contributed by atoms with Crippen molar-refractivity contribution in [2.75, 3.05) is 0 Å². The van der Waals surface area contributed by atoms with Gasteiger partial charge in [0.05, 0.1) is 0 Å². The molecule has 11 heavy (non-hydrogen) atoms. The van der Waals surface area contributed by atoms with Crippen LogP contribution in [-0.2, 0) is 6.61 Å². The molecule has 2 heterocycles.